The van der Waals surface area contributed by atoms with Gasteiger partial charge in [0, 0.05) is 30.5 Å². The molecule has 0 aliphatic carbocycles. The van der Waals surface area contributed by atoms with Gasteiger partial charge in [-0.3, -0.25) is 0 Å². The topological polar surface area (TPSA) is 46.6 Å². The van der Waals surface area contributed by atoms with Crippen LogP contribution in [0.4, 0.5) is 0 Å². The van der Waals surface area contributed by atoms with Crippen molar-refractivity contribution >= 4 is 33.0 Å². The van der Waals surface area contributed by atoms with Gasteiger partial charge in [0.2, 0.25) is 10.0 Å². The predicted octanol–water partition coefficient (Wildman–Crippen LogP) is 2.68. The Hall–Kier alpha value is -0.140. The van der Waals surface area contributed by atoms with Gasteiger partial charge in [0.05, 0.1) is 16.4 Å². The average Bonchev–Trinajstić information content (AvgIpc) is 2.88. The Kier molecular flexibility index (Phi) is 4.57. The zero-order valence-corrected chi connectivity index (χ0v) is 13.4. The largest absolute Gasteiger partial charge is 0.377 e. The molecule has 0 amide bonds. The van der Waals surface area contributed by atoms with Gasteiger partial charge in [0.15, 0.2) is 0 Å². The molecule has 0 radical (unpaired) electrons. The molecule has 1 aliphatic rings. The number of hydrogen-bond acceptors (Lipinski definition) is 4. The molecule has 1 aromatic rings. The quantitative estimate of drug-likeness (QED) is 0.800. The van der Waals surface area contributed by atoms with Gasteiger partial charge in [-0.15, -0.1) is 22.9 Å². The van der Waals surface area contributed by atoms with Crippen molar-refractivity contribution in [3.05, 3.63) is 16.3 Å². The summed E-state index contributed by atoms with van der Waals surface area (Å²) in [6, 6.07) is 1.66. The highest BCUT2D eigenvalue weighted by Gasteiger charge is 2.37. The molecule has 7 heteroatoms. The first kappa shape index (κ1) is 15.3. The molecule has 0 N–H and O–H groups in total. The lowest BCUT2D eigenvalue weighted by Gasteiger charge is -2.38. The number of halogens is 1. The predicted molar refractivity (Wildman–Crippen MR) is 77.3 cm³/mol. The Balaban J connectivity index is 2.24. The third-order valence-corrected chi connectivity index (χ3v) is 6.87. The fourth-order valence-electron chi connectivity index (χ4n) is 2.25. The van der Waals surface area contributed by atoms with E-state index in [0.29, 0.717) is 23.9 Å². The Bertz CT molecular complexity index is 543. The van der Waals surface area contributed by atoms with Gasteiger partial charge >= 0.3 is 0 Å². The van der Waals surface area contributed by atoms with E-state index in [1.807, 2.05) is 6.92 Å². The third-order valence-electron chi connectivity index (χ3n) is 3.52. The summed E-state index contributed by atoms with van der Waals surface area (Å²) >= 11 is 7.10. The second kappa shape index (κ2) is 5.69. The van der Waals surface area contributed by atoms with Crippen LogP contribution in [0.1, 0.15) is 24.6 Å². The Labute approximate surface area is 123 Å². The van der Waals surface area contributed by atoms with Gasteiger partial charge in [-0.2, -0.15) is 4.31 Å². The maximum atomic E-state index is 12.6. The number of nitrogens with zero attached hydrogens (tertiary/aromatic N) is 1. The van der Waals surface area contributed by atoms with E-state index in [1.54, 1.807) is 18.6 Å². The molecule has 19 heavy (non-hydrogen) atoms. The first-order valence-corrected chi connectivity index (χ1v) is 8.95. The van der Waals surface area contributed by atoms with Crippen LogP contribution >= 0.6 is 22.9 Å². The molecule has 2 heterocycles. The SMILES string of the molecule is COC1(C)CCCN(S(=O)(=O)c2csc(CCl)c2)C1. The molecule has 0 bridgehead atoms. The number of alkyl halides is 1. The Morgan fingerprint density at radius 1 is 1.58 bits per heavy atom. The van der Waals surface area contributed by atoms with Crippen molar-refractivity contribution in [1.82, 2.24) is 4.31 Å². The van der Waals surface area contributed by atoms with E-state index >= 15 is 0 Å². The lowest BCUT2D eigenvalue weighted by atomic mass is 9.96. The van der Waals surface area contributed by atoms with Crippen LogP contribution in [-0.2, 0) is 20.6 Å². The minimum atomic E-state index is -3.43. The second-order valence-corrected chi connectivity index (χ2v) is 8.18. The van der Waals surface area contributed by atoms with E-state index < -0.39 is 15.6 Å². The summed E-state index contributed by atoms with van der Waals surface area (Å²) in [6.07, 6.45) is 1.70. The number of hydrogen-bond donors (Lipinski definition) is 0. The van der Waals surface area contributed by atoms with Crippen molar-refractivity contribution < 1.29 is 13.2 Å². The van der Waals surface area contributed by atoms with E-state index in [0.717, 1.165) is 17.7 Å². The maximum absolute atomic E-state index is 12.6. The van der Waals surface area contributed by atoms with Crippen molar-refractivity contribution in [1.29, 1.82) is 0 Å². The van der Waals surface area contributed by atoms with Crippen molar-refractivity contribution in [3.8, 4) is 0 Å². The molecule has 0 spiro atoms. The number of sulfonamides is 1. The zero-order valence-electron chi connectivity index (χ0n) is 11.1. The summed E-state index contributed by atoms with van der Waals surface area (Å²) in [4.78, 5) is 1.21. The van der Waals surface area contributed by atoms with Gasteiger partial charge in [0.25, 0.3) is 0 Å². The van der Waals surface area contributed by atoms with Crippen LogP contribution in [0, 0.1) is 0 Å². The van der Waals surface area contributed by atoms with E-state index in [2.05, 4.69) is 0 Å². The molecule has 1 aliphatic heterocycles. The molecule has 1 unspecified atom stereocenters. The van der Waals surface area contributed by atoms with Crippen molar-refractivity contribution in [2.75, 3.05) is 20.2 Å². The normalized spacial score (nSPS) is 25.6. The van der Waals surface area contributed by atoms with Crippen molar-refractivity contribution in [2.45, 2.75) is 36.1 Å². The Morgan fingerprint density at radius 2 is 2.32 bits per heavy atom. The van der Waals surface area contributed by atoms with Crippen LogP contribution in [-0.4, -0.2) is 38.5 Å². The van der Waals surface area contributed by atoms with Crippen LogP contribution in [0.5, 0.6) is 0 Å². The fourth-order valence-corrected chi connectivity index (χ4v) is 5.21. The van der Waals surface area contributed by atoms with Crippen molar-refractivity contribution in [3.63, 3.8) is 0 Å². The van der Waals surface area contributed by atoms with Gasteiger partial charge in [-0.1, -0.05) is 0 Å². The van der Waals surface area contributed by atoms with Crippen molar-refractivity contribution in [2.24, 2.45) is 0 Å². The summed E-state index contributed by atoms with van der Waals surface area (Å²) in [6.45, 7) is 2.90. The Morgan fingerprint density at radius 3 is 2.89 bits per heavy atom. The van der Waals surface area contributed by atoms with Gasteiger partial charge < -0.3 is 4.74 Å². The second-order valence-electron chi connectivity index (χ2n) is 4.98. The van der Waals surface area contributed by atoms with Crippen LogP contribution in [0.2, 0.25) is 0 Å². The van der Waals surface area contributed by atoms with E-state index in [-0.39, 0.29) is 0 Å². The summed E-state index contributed by atoms with van der Waals surface area (Å²) in [5.41, 5.74) is -0.392. The first-order valence-electron chi connectivity index (χ1n) is 6.10. The molecule has 1 fully saturated rings. The molecule has 1 aromatic heterocycles. The molecule has 0 aromatic carbocycles. The lowest BCUT2D eigenvalue weighted by Crippen LogP contribution is -2.49. The molecular weight excluding hydrogens is 306 g/mol. The molecular formula is C12H18ClNO3S2. The minimum Gasteiger partial charge on any atom is -0.377 e. The first-order chi connectivity index (χ1) is 8.91. The summed E-state index contributed by atoms with van der Waals surface area (Å²) in [5, 5.41) is 1.66. The monoisotopic (exact) mass is 323 g/mol. The van der Waals surface area contributed by atoms with Gasteiger partial charge in [-0.25, -0.2) is 8.42 Å². The number of ether oxygens (including phenoxy) is 1. The van der Waals surface area contributed by atoms with Crippen LogP contribution in [0.15, 0.2) is 16.3 Å². The van der Waals surface area contributed by atoms with Crippen LogP contribution in [0.25, 0.3) is 0 Å². The van der Waals surface area contributed by atoms with Gasteiger partial charge in [0.1, 0.15) is 0 Å². The summed E-state index contributed by atoms with van der Waals surface area (Å²) in [5.74, 6) is 0.343. The van der Waals surface area contributed by atoms with Gasteiger partial charge in [-0.05, 0) is 25.8 Å². The minimum absolute atomic E-state index is 0.341. The summed E-state index contributed by atoms with van der Waals surface area (Å²) in [7, 11) is -1.80. The lowest BCUT2D eigenvalue weighted by molar-refractivity contribution is -0.0319. The maximum Gasteiger partial charge on any atom is 0.244 e. The molecule has 108 valence electrons. The number of piperidine rings is 1. The number of methoxy groups -OCH3 is 1. The molecule has 1 saturated heterocycles. The average molecular weight is 324 g/mol. The highest BCUT2D eigenvalue weighted by atomic mass is 35.5. The zero-order chi connectivity index (χ0) is 14.1. The number of rotatable bonds is 4. The standard InChI is InChI=1S/C12H18ClNO3S2/c1-12(17-2)4-3-5-14(9-12)19(15,16)11-6-10(7-13)18-8-11/h6,8H,3-5,7,9H2,1-2H3. The highest BCUT2D eigenvalue weighted by Crippen LogP contribution is 2.30. The van der Waals surface area contributed by atoms with Crippen LogP contribution < -0.4 is 0 Å². The smallest absolute Gasteiger partial charge is 0.244 e. The van der Waals surface area contributed by atoms with Crippen LogP contribution in [0.3, 0.4) is 0 Å². The van der Waals surface area contributed by atoms with E-state index in [9.17, 15) is 8.42 Å². The molecule has 2 rings (SSSR count). The third kappa shape index (κ3) is 3.13. The molecule has 1 atom stereocenters. The fraction of sp³-hybridized carbons (Fsp3) is 0.667. The highest BCUT2D eigenvalue weighted by molar-refractivity contribution is 7.89. The van der Waals surface area contributed by atoms with E-state index in [1.165, 1.54) is 15.6 Å². The van der Waals surface area contributed by atoms with E-state index in [4.69, 9.17) is 16.3 Å². The number of thiophene rings is 1. The molecule has 0 saturated carbocycles. The molecule has 4 nitrogen and oxygen atoms in total. The summed E-state index contributed by atoms with van der Waals surface area (Å²) < 4.78 is 32.1.